The van der Waals surface area contributed by atoms with Crippen molar-refractivity contribution in [3.05, 3.63) is 58.6 Å². The summed E-state index contributed by atoms with van der Waals surface area (Å²) in [5.74, 6) is 0.452. The molecule has 0 spiro atoms. The number of hydrogen-bond donors (Lipinski definition) is 1. The summed E-state index contributed by atoms with van der Waals surface area (Å²) in [5, 5.41) is 2.35. The zero-order valence-electron chi connectivity index (χ0n) is 13.2. The van der Waals surface area contributed by atoms with E-state index in [1.54, 1.807) is 19.2 Å². The highest BCUT2D eigenvalue weighted by atomic mass is 35.5. The Hall–Kier alpha value is -1.86. The number of carbonyl (C=O) groups excluding carboxylic acids is 1. The zero-order chi connectivity index (χ0) is 18.4. The Bertz CT molecular complexity index is 736. The molecule has 0 fully saturated rings. The van der Waals surface area contributed by atoms with Gasteiger partial charge in [-0.15, -0.1) is 11.8 Å². The highest BCUT2D eigenvalue weighted by Crippen LogP contribution is 2.36. The lowest BCUT2D eigenvalue weighted by Crippen LogP contribution is -2.24. The Morgan fingerprint density at radius 3 is 2.48 bits per heavy atom. The normalized spacial score (nSPS) is 11.2. The van der Waals surface area contributed by atoms with Crippen LogP contribution in [0.4, 0.5) is 13.2 Å². The number of benzene rings is 2. The first-order chi connectivity index (χ1) is 11.8. The predicted molar refractivity (Wildman–Crippen MR) is 92.0 cm³/mol. The number of carbonyl (C=O) groups is 1. The van der Waals surface area contributed by atoms with E-state index in [-0.39, 0.29) is 16.7 Å². The fraction of sp³-hybridized carbons (Fsp3) is 0.235. The molecule has 0 heterocycles. The molecule has 1 N–H and O–H groups in total. The van der Waals surface area contributed by atoms with E-state index in [9.17, 15) is 18.0 Å². The number of halogens is 4. The maximum Gasteiger partial charge on any atom is 0.417 e. The first-order valence-corrected chi connectivity index (χ1v) is 8.55. The average molecular weight is 390 g/mol. The van der Waals surface area contributed by atoms with Gasteiger partial charge in [-0.2, -0.15) is 13.2 Å². The van der Waals surface area contributed by atoms with E-state index < -0.39 is 11.7 Å². The summed E-state index contributed by atoms with van der Waals surface area (Å²) in [6, 6.07) is 10.8. The Labute approximate surface area is 152 Å². The molecule has 134 valence electrons. The smallest absolute Gasteiger partial charge is 0.417 e. The van der Waals surface area contributed by atoms with Crippen LogP contribution in [0.5, 0.6) is 5.75 Å². The van der Waals surface area contributed by atoms with E-state index in [2.05, 4.69) is 5.32 Å². The summed E-state index contributed by atoms with van der Waals surface area (Å²) in [5.41, 5.74) is -0.0113. The van der Waals surface area contributed by atoms with Crippen LogP contribution in [0.3, 0.4) is 0 Å². The quantitative estimate of drug-likeness (QED) is 0.723. The summed E-state index contributed by atoms with van der Waals surface area (Å²) in [6.07, 6.45) is -4.52. The van der Waals surface area contributed by atoms with Gasteiger partial charge in [-0.1, -0.05) is 23.7 Å². The molecule has 3 nitrogen and oxygen atoms in total. The first-order valence-electron chi connectivity index (χ1n) is 7.19. The van der Waals surface area contributed by atoms with E-state index in [0.717, 1.165) is 23.4 Å². The van der Waals surface area contributed by atoms with E-state index >= 15 is 0 Å². The molecule has 0 bridgehead atoms. The number of rotatable bonds is 6. The molecule has 0 aromatic heterocycles. The summed E-state index contributed by atoms with van der Waals surface area (Å²) < 4.78 is 43.5. The second-order valence-electron chi connectivity index (χ2n) is 5.05. The molecule has 2 aromatic carbocycles. The monoisotopic (exact) mass is 389 g/mol. The lowest BCUT2D eigenvalue weighted by atomic mass is 10.2. The van der Waals surface area contributed by atoms with Crippen LogP contribution in [0, 0.1) is 0 Å². The van der Waals surface area contributed by atoms with E-state index in [4.69, 9.17) is 16.3 Å². The average Bonchev–Trinajstić information content (AvgIpc) is 2.58. The minimum atomic E-state index is -4.52. The molecule has 0 unspecified atom stereocenters. The number of hydrogen-bond acceptors (Lipinski definition) is 3. The van der Waals surface area contributed by atoms with Crippen LogP contribution in [-0.2, 0) is 17.5 Å². The predicted octanol–water partition coefficient (Wildman–Crippen LogP) is 4.78. The van der Waals surface area contributed by atoms with E-state index in [0.29, 0.717) is 17.2 Å². The first kappa shape index (κ1) is 19.5. The fourth-order valence-corrected chi connectivity index (χ4v) is 2.95. The second kappa shape index (κ2) is 8.49. The molecule has 1 amide bonds. The van der Waals surface area contributed by atoms with Crippen molar-refractivity contribution in [1.29, 1.82) is 0 Å². The summed E-state index contributed by atoms with van der Waals surface area (Å²) in [6.45, 7) is 0.331. The van der Waals surface area contributed by atoms with Gasteiger partial charge < -0.3 is 10.1 Å². The van der Waals surface area contributed by atoms with Gasteiger partial charge in [0.1, 0.15) is 5.75 Å². The van der Waals surface area contributed by atoms with Crippen molar-refractivity contribution >= 4 is 29.3 Å². The van der Waals surface area contributed by atoms with Crippen LogP contribution < -0.4 is 10.1 Å². The minimum absolute atomic E-state index is 0.00901. The summed E-state index contributed by atoms with van der Waals surface area (Å²) >= 11 is 6.58. The van der Waals surface area contributed by atoms with Gasteiger partial charge in [0, 0.05) is 11.4 Å². The topological polar surface area (TPSA) is 38.3 Å². The molecule has 25 heavy (non-hydrogen) atoms. The lowest BCUT2D eigenvalue weighted by Gasteiger charge is -2.11. The molecule has 0 aliphatic heterocycles. The fourth-order valence-electron chi connectivity index (χ4n) is 1.96. The highest BCUT2D eigenvalue weighted by molar-refractivity contribution is 8.00. The molecule has 2 rings (SSSR count). The molecular formula is C17H15ClF3NO2S. The van der Waals surface area contributed by atoms with E-state index in [1.165, 1.54) is 12.1 Å². The number of ether oxygens (including phenoxy) is 1. The third-order valence-electron chi connectivity index (χ3n) is 3.26. The lowest BCUT2D eigenvalue weighted by molar-refractivity contribution is -0.137. The van der Waals surface area contributed by atoms with Gasteiger partial charge in [0.15, 0.2) is 0 Å². The van der Waals surface area contributed by atoms with Crippen LogP contribution in [-0.4, -0.2) is 18.8 Å². The van der Waals surface area contributed by atoms with Crippen molar-refractivity contribution in [2.75, 3.05) is 12.9 Å². The number of methoxy groups -OCH3 is 1. The maximum atomic E-state index is 12.8. The van der Waals surface area contributed by atoms with Crippen molar-refractivity contribution < 1.29 is 22.7 Å². The maximum absolute atomic E-state index is 12.8. The van der Waals surface area contributed by atoms with Crippen LogP contribution in [0.25, 0.3) is 0 Å². The highest BCUT2D eigenvalue weighted by Gasteiger charge is 2.33. The molecule has 0 saturated heterocycles. The molecule has 0 atom stereocenters. The van der Waals surface area contributed by atoms with Crippen molar-refractivity contribution in [1.82, 2.24) is 5.32 Å². The standard InChI is InChI=1S/C17H15ClF3NO2S/c1-24-12-4-2-11(3-5-12)9-22-16(23)10-25-13-6-7-15(18)14(8-13)17(19,20)21/h2-8H,9-10H2,1H3,(H,22,23). The van der Waals surface area contributed by atoms with Crippen molar-refractivity contribution in [3.63, 3.8) is 0 Å². The van der Waals surface area contributed by atoms with Gasteiger partial charge in [-0.05, 0) is 35.9 Å². The molecule has 0 aliphatic carbocycles. The van der Waals surface area contributed by atoms with Crippen molar-refractivity contribution in [2.24, 2.45) is 0 Å². The van der Waals surface area contributed by atoms with Crippen LogP contribution in [0.1, 0.15) is 11.1 Å². The van der Waals surface area contributed by atoms with Crippen LogP contribution in [0.2, 0.25) is 5.02 Å². The number of nitrogens with one attached hydrogen (secondary N) is 1. The molecular weight excluding hydrogens is 375 g/mol. The third-order valence-corrected chi connectivity index (χ3v) is 4.59. The van der Waals surface area contributed by atoms with Gasteiger partial charge in [0.2, 0.25) is 5.91 Å². The molecule has 0 saturated carbocycles. The van der Waals surface area contributed by atoms with Crippen molar-refractivity contribution in [3.8, 4) is 5.75 Å². The Kier molecular flexibility index (Phi) is 6.61. The number of amides is 1. The van der Waals surface area contributed by atoms with Crippen LogP contribution >= 0.6 is 23.4 Å². The SMILES string of the molecule is COc1ccc(CNC(=O)CSc2ccc(Cl)c(C(F)(F)F)c2)cc1. The van der Waals surface area contributed by atoms with Gasteiger partial charge in [-0.3, -0.25) is 4.79 Å². The Morgan fingerprint density at radius 1 is 1.20 bits per heavy atom. The van der Waals surface area contributed by atoms with Gasteiger partial charge in [-0.25, -0.2) is 0 Å². The minimum Gasteiger partial charge on any atom is -0.497 e. The van der Waals surface area contributed by atoms with Gasteiger partial charge in [0.05, 0.1) is 23.4 Å². The summed E-state index contributed by atoms with van der Waals surface area (Å²) in [4.78, 5) is 12.2. The largest absolute Gasteiger partial charge is 0.497 e. The second-order valence-corrected chi connectivity index (χ2v) is 6.51. The summed E-state index contributed by atoms with van der Waals surface area (Å²) in [7, 11) is 1.56. The number of thioether (sulfide) groups is 1. The van der Waals surface area contributed by atoms with Crippen LogP contribution in [0.15, 0.2) is 47.4 Å². The van der Waals surface area contributed by atoms with E-state index in [1.807, 2.05) is 12.1 Å². The Morgan fingerprint density at radius 2 is 1.88 bits per heavy atom. The van der Waals surface area contributed by atoms with Gasteiger partial charge in [0.25, 0.3) is 0 Å². The van der Waals surface area contributed by atoms with Gasteiger partial charge >= 0.3 is 6.18 Å². The van der Waals surface area contributed by atoms with Crippen molar-refractivity contribution in [2.45, 2.75) is 17.6 Å². The molecule has 0 aliphatic rings. The zero-order valence-corrected chi connectivity index (χ0v) is 14.8. The third kappa shape index (κ3) is 5.86. The number of alkyl halides is 3. The molecule has 8 heteroatoms. The molecule has 2 aromatic rings. The Balaban J connectivity index is 1.87. The molecule has 0 radical (unpaired) electrons.